The van der Waals surface area contributed by atoms with E-state index in [0.717, 1.165) is 5.69 Å². The molecule has 0 saturated heterocycles. The highest BCUT2D eigenvalue weighted by atomic mass is 16.3. The molecule has 0 radical (unpaired) electrons. The first-order chi connectivity index (χ1) is 5.33. The summed E-state index contributed by atoms with van der Waals surface area (Å²) in [6.45, 7) is 0. The molecule has 1 aromatic carbocycles. The van der Waals surface area contributed by atoms with Gasteiger partial charge in [0.15, 0.2) is 0 Å². The number of hydrogen-bond acceptors (Lipinski definition) is 3. The number of amides is 1. The molecule has 1 rings (SSSR count). The van der Waals surface area contributed by atoms with E-state index < -0.39 is 0 Å². The lowest BCUT2D eigenvalue weighted by Crippen LogP contribution is -2.18. The van der Waals surface area contributed by atoms with E-state index in [4.69, 9.17) is 5.11 Å². The van der Waals surface area contributed by atoms with Gasteiger partial charge in [0.05, 0.1) is 5.69 Å². The lowest BCUT2D eigenvalue weighted by atomic mass is 10.3. The lowest BCUT2D eigenvalue weighted by molar-refractivity contribution is -0.109. The highest BCUT2D eigenvalue weighted by Gasteiger charge is 1.88. The standard InChI is InChI=1S/C7H8N2O2/c10-5-8-9-6-1-3-7(11)4-2-6/h1-5,9,11H,(H,8,10). The fourth-order valence-electron chi connectivity index (χ4n) is 0.658. The Kier molecular flexibility index (Phi) is 2.32. The van der Waals surface area contributed by atoms with Crippen molar-refractivity contribution >= 4 is 12.1 Å². The normalized spacial score (nSPS) is 8.73. The molecular weight excluding hydrogens is 144 g/mol. The molecule has 0 fully saturated rings. The van der Waals surface area contributed by atoms with Crippen molar-refractivity contribution in [2.75, 3.05) is 5.43 Å². The summed E-state index contributed by atoms with van der Waals surface area (Å²) in [7, 11) is 0. The maximum Gasteiger partial charge on any atom is 0.225 e. The number of hydrazine groups is 1. The number of rotatable bonds is 3. The van der Waals surface area contributed by atoms with Crippen LogP contribution in [0.15, 0.2) is 24.3 Å². The maximum atomic E-state index is 9.82. The molecule has 0 aliphatic heterocycles. The molecule has 1 aromatic rings. The van der Waals surface area contributed by atoms with Crippen molar-refractivity contribution in [3.63, 3.8) is 0 Å². The number of anilines is 1. The van der Waals surface area contributed by atoms with Crippen molar-refractivity contribution in [3.05, 3.63) is 24.3 Å². The van der Waals surface area contributed by atoms with Gasteiger partial charge >= 0.3 is 0 Å². The van der Waals surface area contributed by atoms with Crippen LogP contribution in [0, 0.1) is 0 Å². The molecule has 0 aliphatic rings. The van der Waals surface area contributed by atoms with Crippen molar-refractivity contribution < 1.29 is 9.90 Å². The van der Waals surface area contributed by atoms with Crippen molar-refractivity contribution in [1.29, 1.82) is 0 Å². The van der Waals surface area contributed by atoms with Gasteiger partial charge < -0.3 is 5.11 Å². The fourth-order valence-corrected chi connectivity index (χ4v) is 0.658. The van der Waals surface area contributed by atoms with Gasteiger partial charge in [-0.1, -0.05) is 0 Å². The number of nitrogens with one attached hydrogen (secondary N) is 2. The SMILES string of the molecule is O=CNNc1ccc(O)cc1. The first kappa shape index (κ1) is 7.40. The third-order valence-corrected chi connectivity index (χ3v) is 1.14. The van der Waals surface area contributed by atoms with Gasteiger partial charge in [-0.15, -0.1) is 0 Å². The van der Waals surface area contributed by atoms with Crippen LogP contribution in [0.1, 0.15) is 0 Å². The minimum Gasteiger partial charge on any atom is -0.508 e. The summed E-state index contributed by atoms with van der Waals surface area (Å²) in [5.41, 5.74) is 5.58. The molecule has 0 heterocycles. The van der Waals surface area contributed by atoms with E-state index in [-0.39, 0.29) is 5.75 Å². The first-order valence-corrected chi connectivity index (χ1v) is 3.07. The molecule has 3 N–H and O–H groups in total. The molecule has 0 spiro atoms. The van der Waals surface area contributed by atoms with Gasteiger partial charge in [0.25, 0.3) is 0 Å². The number of aromatic hydroxyl groups is 1. The molecule has 0 unspecified atom stereocenters. The van der Waals surface area contributed by atoms with E-state index in [1.54, 1.807) is 12.1 Å². The van der Waals surface area contributed by atoms with Gasteiger partial charge in [-0.2, -0.15) is 0 Å². The van der Waals surface area contributed by atoms with Gasteiger partial charge in [-0.3, -0.25) is 15.6 Å². The molecule has 0 atom stereocenters. The van der Waals surface area contributed by atoms with E-state index in [2.05, 4.69) is 10.9 Å². The minimum absolute atomic E-state index is 0.196. The predicted octanol–water partition coefficient (Wildman–Crippen LogP) is 0.465. The van der Waals surface area contributed by atoms with Crippen LogP contribution < -0.4 is 10.9 Å². The van der Waals surface area contributed by atoms with Crippen LogP contribution in [0.25, 0.3) is 0 Å². The zero-order chi connectivity index (χ0) is 8.10. The number of phenolic OH excluding ortho intramolecular Hbond substituents is 1. The van der Waals surface area contributed by atoms with Crippen LogP contribution in [-0.2, 0) is 4.79 Å². The van der Waals surface area contributed by atoms with E-state index in [1.807, 2.05) is 0 Å². The molecule has 4 nitrogen and oxygen atoms in total. The Morgan fingerprint density at radius 3 is 2.45 bits per heavy atom. The van der Waals surface area contributed by atoms with Gasteiger partial charge in [-0.25, -0.2) is 0 Å². The Hall–Kier alpha value is -1.71. The average Bonchev–Trinajstić information content (AvgIpc) is 2.04. The zero-order valence-corrected chi connectivity index (χ0v) is 5.74. The Morgan fingerprint density at radius 2 is 1.91 bits per heavy atom. The number of carbonyl (C=O) groups excluding carboxylic acids is 1. The van der Waals surface area contributed by atoms with Crippen LogP contribution in [0.2, 0.25) is 0 Å². The number of carbonyl (C=O) groups is 1. The van der Waals surface area contributed by atoms with Crippen molar-refractivity contribution in [3.8, 4) is 5.75 Å². The molecule has 0 saturated carbocycles. The van der Waals surface area contributed by atoms with Crippen LogP contribution in [0.4, 0.5) is 5.69 Å². The first-order valence-electron chi connectivity index (χ1n) is 3.07. The Balaban J connectivity index is 2.58. The quantitative estimate of drug-likeness (QED) is 0.335. The highest BCUT2D eigenvalue weighted by molar-refractivity contribution is 5.53. The summed E-state index contributed by atoms with van der Waals surface area (Å²) in [4.78, 5) is 9.82. The van der Waals surface area contributed by atoms with Crippen LogP contribution in [0.5, 0.6) is 5.75 Å². The van der Waals surface area contributed by atoms with Crippen LogP contribution in [-0.4, -0.2) is 11.5 Å². The van der Waals surface area contributed by atoms with E-state index >= 15 is 0 Å². The highest BCUT2D eigenvalue weighted by Crippen LogP contribution is 2.12. The molecular formula is C7H8N2O2. The van der Waals surface area contributed by atoms with Crippen LogP contribution in [0.3, 0.4) is 0 Å². The summed E-state index contributed by atoms with van der Waals surface area (Å²) < 4.78 is 0. The second-order valence-electron chi connectivity index (χ2n) is 1.93. The Labute approximate surface area is 63.8 Å². The molecule has 0 bridgehead atoms. The molecule has 11 heavy (non-hydrogen) atoms. The number of phenols is 1. The Bertz CT molecular complexity index is 233. The van der Waals surface area contributed by atoms with E-state index in [1.165, 1.54) is 12.1 Å². The van der Waals surface area contributed by atoms with Crippen molar-refractivity contribution in [1.82, 2.24) is 5.43 Å². The van der Waals surface area contributed by atoms with Crippen molar-refractivity contribution in [2.24, 2.45) is 0 Å². The minimum atomic E-state index is 0.196. The van der Waals surface area contributed by atoms with Crippen molar-refractivity contribution in [2.45, 2.75) is 0 Å². The molecule has 0 aromatic heterocycles. The second kappa shape index (κ2) is 3.46. The van der Waals surface area contributed by atoms with E-state index in [9.17, 15) is 4.79 Å². The van der Waals surface area contributed by atoms with Gasteiger partial charge in [-0.05, 0) is 24.3 Å². The van der Waals surface area contributed by atoms with Gasteiger partial charge in [0.2, 0.25) is 6.41 Å². The third kappa shape index (κ3) is 2.17. The largest absolute Gasteiger partial charge is 0.508 e. The Morgan fingerprint density at radius 1 is 1.27 bits per heavy atom. The molecule has 4 heteroatoms. The molecule has 0 aliphatic carbocycles. The monoisotopic (exact) mass is 152 g/mol. The van der Waals surface area contributed by atoms with E-state index in [0.29, 0.717) is 6.41 Å². The number of hydrogen-bond donors (Lipinski definition) is 3. The summed E-state index contributed by atoms with van der Waals surface area (Å²) >= 11 is 0. The third-order valence-electron chi connectivity index (χ3n) is 1.14. The molecule has 58 valence electrons. The molecule has 1 amide bonds. The summed E-state index contributed by atoms with van der Waals surface area (Å²) in [6, 6.07) is 6.33. The smallest absolute Gasteiger partial charge is 0.225 e. The average molecular weight is 152 g/mol. The number of benzene rings is 1. The zero-order valence-electron chi connectivity index (χ0n) is 5.74. The van der Waals surface area contributed by atoms with Gasteiger partial charge in [0.1, 0.15) is 5.75 Å². The second-order valence-corrected chi connectivity index (χ2v) is 1.93. The summed E-state index contributed by atoms with van der Waals surface area (Å²) in [5.74, 6) is 0.196. The fraction of sp³-hybridized carbons (Fsp3) is 0. The summed E-state index contributed by atoms with van der Waals surface area (Å²) in [5, 5.41) is 8.86. The van der Waals surface area contributed by atoms with Crippen LogP contribution >= 0.6 is 0 Å². The topological polar surface area (TPSA) is 61.4 Å². The van der Waals surface area contributed by atoms with Gasteiger partial charge in [0, 0.05) is 0 Å². The summed E-state index contributed by atoms with van der Waals surface area (Å²) in [6.07, 6.45) is 0.535. The maximum absolute atomic E-state index is 9.82. The predicted molar refractivity (Wildman–Crippen MR) is 40.9 cm³/mol. The lowest BCUT2D eigenvalue weighted by Gasteiger charge is -2.02.